The standard InChI is InChI=1S/C39H69NO4/c1-27(2)13-11-14-28(3)32-17-18-33-31-16-15-29-25-30(19-22-38(29,8)34(31)20-23-39(32,33)9)44-35(41)40-24-12-21-36(4,5)43-26-37(6,7)42-10/h15,27-28,30-34H,11-14,16-26H2,1-10H3,(H,40,41)/t28-,30+,31+,32-,33+,34+,38+,39-/m1/s1. The van der Waals surface area contributed by atoms with Crippen molar-refractivity contribution in [2.24, 2.45) is 46.3 Å². The Morgan fingerprint density at radius 3 is 2.43 bits per heavy atom. The molecule has 0 aliphatic heterocycles. The molecule has 5 nitrogen and oxygen atoms in total. The highest BCUT2D eigenvalue weighted by Crippen LogP contribution is 2.67. The van der Waals surface area contributed by atoms with Gasteiger partial charge in [0.05, 0.1) is 17.8 Å². The van der Waals surface area contributed by atoms with E-state index in [9.17, 15) is 4.79 Å². The molecule has 0 bridgehead atoms. The van der Waals surface area contributed by atoms with Crippen molar-refractivity contribution < 1.29 is 19.0 Å². The maximum Gasteiger partial charge on any atom is 0.407 e. The predicted molar refractivity (Wildman–Crippen MR) is 182 cm³/mol. The van der Waals surface area contributed by atoms with Crippen LogP contribution in [0.4, 0.5) is 4.79 Å². The minimum absolute atomic E-state index is 0.00155. The SMILES string of the molecule is COC(C)(C)COC(C)(C)CCCNC(=O)O[C@H]1CC[C@@]2(C)C(=CC[C@H]3[C@@H]4CC[C@H]([C@H](C)CCCC(C)C)[C@@]4(C)CC[C@@H]32)C1. The molecule has 0 saturated heterocycles. The Labute approximate surface area is 271 Å². The van der Waals surface area contributed by atoms with Gasteiger partial charge in [-0.2, -0.15) is 0 Å². The summed E-state index contributed by atoms with van der Waals surface area (Å²) in [5, 5.41) is 3.01. The highest BCUT2D eigenvalue weighted by molar-refractivity contribution is 5.67. The fraction of sp³-hybridized carbons (Fsp3) is 0.923. The third-order valence-corrected chi connectivity index (χ3v) is 13.1. The molecule has 4 aliphatic carbocycles. The molecule has 5 heteroatoms. The molecule has 0 radical (unpaired) electrons. The van der Waals surface area contributed by atoms with Crippen molar-refractivity contribution in [1.29, 1.82) is 0 Å². The number of rotatable bonds is 14. The van der Waals surface area contributed by atoms with Crippen LogP contribution in [0.25, 0.3) is 0 Å². The van der Waals surface area contributed by atoms with Crippen molar-refractivity contribution in [3.8, 4) is 0 Å². The summed E-state index contributed by atoms with van der Waals surface area (Å²) >= 11 is 0. The summed E-state index contributed by atoms with van der Waals surface area (Å²) in [6.45, 7) is 22.0. The number of nitrogens with one attached hydrogen (secondary N) is 1. The number of allylic oxidation sites excluding steroid dienone is 1. The average Bonchev–Trinajstić information content (AvgIpc) is 3.32. The molecule has 4 rings (SSSR count). The first-order valence-corrected chi connectivity index (χ1v) is 18.4. The summed E-state index contributed by atoms with van der Waals surface area (Å²) < 4.78 is 17.6. The molecular formula is C39H69NO4. The third-order valence-electron chi connectivity index (χ3n) is 13.1. The molecule has 0 heterocycles. The van der Waals surface area contributed by atoms with Crippen LogP contribution >= 0.6 is 0 Å². The Kier molecular flexibility index (Phi) is 11.7. The van der Waals surface area contributed by atoms with Crippen LogP contribution in [-0.2, 0) is 14.2 Å². The molecule has 8 atom stereocenters. The van der Waals surface area contributed by atoms with E-state index < -0.39 is 0 Å². The molecule has 0 unspecified atom stereocenters. The van der Waals surface area contributed by atoms with E-state index in [0.717, 1.165) is 67.6 Å². The molecule has 0 spiro atoms. The molecule has 0 aromatic carbocycles. The lowest BCUT2D eigenvalue weighted by atomic mass is 9.47. The number of fused-ring (bicyclic) bond motifs is 5. The fourth-order valence-electron chi connectivity index (χ4n) is 10.2. The van der Waals surface area contributed by atoms with E-state index in [1.54, 1.807) is 12.7 Å². The van der Waals surface area contributed by atoms with Crippen LogP contribution in [0.3, 0.4) is 0 Å². The summed E-state index contributed by atoms with van der Waals surface area (Å²) in [4.78, 5) is 12.7. The molecule has 3 fully saturated rings. The van der Waals surface area contributed by atoms with Crippen LogP contribution in [0.5, 0.6) is 0 Å². The molecule has 0 aromatic rings. The second kappa shape index (κ2) is 14.4. The first-order chi connectivity index (χ1) is 20.6. The molecule has 254 valence electrons. The molecule has 4 aliphatic rings. The lowest BCUT2D eigenvalue weighted by molar-refractivity contribution is -0.109. The van der Waals surface area contributed by atoms with Gasteiger partial charge in [-0.15, -0.1) is 0 Å². The van der Waals surface area contributed by atoms with Crippen LogP contribution in [0.2, 0.25) is 0 Å². The first kappa shape index (κ1) is 35.8. The molecule has 44 heavy (non-hydrogen) atoms. The third kappa shape index (κ3) is 8.25. The molecule has 1 amide bonds. The smallest absolute Gasteiger partial charge is 0.407 e. The van der Waals surface area contributed by atoms with Crippen LogP contribution in [0.1, 0.15) is 146 Å². The Hall–Kier alpha value is -1.07. The summed E-state index contributed by atoms with van der Waals surface area (Å²) in [7, 11) is 1.71. The van der Waals surface area contributed by atoms with Crippen molar-refractivity contribution in [3.63, 3.8) is 0 Å². The van der Waals surface area contributed by atoms with E-state index in [4.69, 9.17) is 14.2 Å². The minimum atomic E-state index is -0.299. The van der Waals surface area contributed by atoms with E-state index in [0.29, 0.717) is 18.6 Å². The maximum absolute atomic E-state index is 12.7. The second-order valence-electron chi connectivity index (χ2n) is 17.6. The van der Waals surface area contributed by atoms with Gasteiger partial charge in [-0.1, -0.05) is 65.5 Å². The minimum Gasteiger partial charge on any atom is -0.446 e. The largest absolute Gasteiger partial charge is 0.446 e. The highest BCUT2D eigenvalue weighted by Gasteiger charge is 2.59. The average molecular weight is 616 g/mol. The van der Waals surface area contributed by atoms with Gasteiger partial charge >= 0.3 is 6.09 Å². The van der Waals surface area contributed by atoms with Crippen molar-refractivity contribution in [3.05, 3.63) is 11.6 Å². The number of hydrogen-bond acceptors (Lipinski definition) is 4. The fourth-order valence-corrected chi connectivity index (χ4v) is 10.2. The van der Waals surface area contributed by atoms with E-state index in [1.807, 2.05) is 13.8 Å². The second-order valence-corrected chi connectivity index (χ2v) is 17.6. The van der Waals surface area contributed by atoms with E-state index in [-0.39, 0.29) is 28.8 Å². The Morgan fingerprint density at radius 2 is 1.73 bits per heavy atom. The van der Waals surface area contributed by atoms with Gasteiger partial charge in [-0.05, 0) is 132 Å². The maximum atomic E-state index is 12.7. The molecule has 0 aromatic heterocycles. The highest BCUT2D eigenvalue weighted by atomic mass is 16.6. The zero-order valence-electron chi connectivity index (χ0n) is 30.4. The topological polar surface area (TPSA) is 56.8 Å². The van der Waals surface area contributed by atoms with Gasteiger partial charge in [-0.3, -0.25) is 0 Å². The van der Waals surface area contributed by atoms with Gasteiger partial charge in [0.2, 0.25) is 0 Å². The normalized spacial score (nSPS) is 34.5. The van der Waals surface area contributed by atoms with Gasteiger partial charge < -0.3 is 19.5 Å². The number of ether oxygens (including phenoxy) is 3. The van der Waals surface area contributed by atoms with Crippen LogP contribution in [0, 0.1) is 46.3 Å². The van der Waals surface area contributed by atoms with Gasteiger partial charge in [0, 0.05) is 20.1 Å². The van der Waals surface area contributed by atoms with Gasteiger partial charge in [0.1, 0.15) is 6.10 Å². The Bertz CT molecular complexity index is 987. The molecule has 3 saturated carbocycles. The van der Waals surface area contributed by atoms with Crippen molar-refractivity contribution >= 4 is 6.09 Å². The molecule has 1 N–H and O–H groups in total. The summed E-state index contributed by atoms with van der Waals surface area (Å²) in [5.74, 6) is 5.11. The number of alkyl carbamates (subject to hydrolysis) is 1. The Morgan fingerprint density at radius 1 is 0.977 bits per heavy atom. The van der Waals surface area contributed by atoms with E-state index >= 15 is 0 Å². The zero-order chi connectivity index (χ0) is 32.3. The number of hydrogen-bond donors (Lipinski definition) is 1. The van der Waals surface area contributed by atoms with Crippen molar-refractivity contribution in [2.45, 2.75) is 163 Å². The zero-order valence-corrected chi connectivity index (χ0v) is 30.4. The number of carbonyl (C=O) groups excluding carboxylic acids is 1. The van der Waals surface area contributed by atoms with Crippen LogP contribution < -0.4 is 5.32 Å². The van der Waals surface area contributed by atoms with Gasteiger partial charge in [-0.25, -0.2) is 4.79 Å². The quantitative estimate of drug-likeness (QED) is 0.156. The Balaban J connectivity index is 1.25. The predicted octanol–water partition coefficient (Wildman–Crippen LogP) is 10.1. The lowest BCUT2D eigenvalue weighted by Crippen LogP contribution is -2.51. The molecular weight excluding hydrogens is 546 g/mol. The van der Waals surface area contributed by atoms with E-state index in [2.05, 4.69) is 59.9 Å². The van der Waals surface area contributed by atoms with Crippen LogP contribution in [0.15, 0.2) is 11.6 Å². The summed E-state index contributed by atoms with van der Waals surface area (Å²) in [6, 6.07) is 0. The number of methoxy groups -OCH3 is 1. The number of carbonyl (C=O) groups is 1. The van der Waals surface area contributed by atoms with Crippen LogP contribution in [-0.4, -0.2) is 43.7 Å². The summed E-state index contributed by atoms with van der Waals surface area (Å²) in [6.07, 6.45) is 18.2. The summed E-state index contributed by atoms with van der Waals surface area (Å²) in [5.41, 5.74) is 1.83. The van der Waals surface area contributed by atoms with Gasteiger partial charge in [0.15, 0.2) is 0 Å². The monoisotopic (exact) mass is 616 g/mol. The van der Waals surface area contributed by atoms with Gasteiger partial charge in [0.25, 0.3) is 0 Å². The van der Waals surface area contributed by atoms with E-state index in [1.165, 1.54) is 51.4 Å². The number of amides is 1. The van der Waals surface area contributed by atoms with Crippen molar-refractivity contribution in [1.82, 2.24) is 5.32 Å². The lowest BCUT2D eigenvalue weighted by Gasteiger charge is -2.58. The van der Waals surface area contributed by atoms with Crippen molar-refractivity contribution in [2.75, 3.05) is 20.3 Å². The first-order valence-electron chi connectivity index (χ1n) is 18.4.